The highest BCUT2D eigenvalue weighted by Gasteiger charge is 2.20. The SMILES string of the molecule is CCOC(=O)CCC(C)(C)n1ccnc1. The maximum absolute atomic E-state index is 11.2. The average Bonchev–Trinajstić information content (AvgIpc) is 2.69. The number of carbonyl (C=O) groups excluding carboxylic acids is 1. The van der Waals surface area contributed by atoms with E-state index < -0.39 is 0 Å². The van der Waals surface area contributed by atoms with Crippen LogP contribution in [0.15, 0.2) is 18.7 Å². The minimum absolute atomic E-state index is 0.0940. The summed E-state index contributed by atoms with van der Waals surface area (Å²) in [5, 5.41) is 0. The van der Waals surface area contributed by atoms with E-state index in [1.54, 1.807) is 12.5 Å². The molecule has 4 heteroatoms. The van der Waals surface area contributed by atoms with Gasteiger partial charge in [-0.15, -0.1) is 0 Å². The van der Waals surface area contributed by atoms with E-state index >= 15 is 0 Å². The van der Waals surface area contributed by atoms with Crippen molar-refractivity contribution in [1.82, 2.24) is 9.55 Å². The Morgan fingerprint density at radius 2 is 2.27 bits per heavy atom. The molecular weight excluding hydrogens is 192 g/mol. The second-order valence-corrected chi connectivity index (χ2v) is 4.09. The molecule has 0 aliphatic heterocycles. The van der Waals surface area contributed by atoms with E-state index in [-0.39, 0.29) is 11.5 Å². The predicted octanol–water partition coefficient (Wildman–Crippen LogP) is 1.96. The van der Waals surface area contributed by atoms with Gasteiger partial charge in [-0.05, 0) is 27.2 Å². The molecule has 0 aromatic carbocycles. The molecule has 1 aromatic rings. The fourth-order valence-electron chi connectivity index (χ4n) is 1.39. The summed E-state index contributed by atoms with van der Waals surface area (Å²) >= 11 is 0. The molecule has 1 rings (SSSR count). The van der Waals surface area contributed by atoms with Crippen LogP contribution in [0.3, 0.4) is 0 Å². The molecule has 0 unspecified atom stereocenters. The molecule has 1 aromatic heterocycles. The number of hydrogen-bond acceptors (Lipinski definition) is 3. The Hall–Kier alpha value is -1.32. The highest BCUT2D eigenvalue weighted by Crippen LogP contribution is 2.21. The van der Waals surface area contributed by atoms with Crippen LogP contribution in [0.25, 0.3) is 0 Å². The maximum atomic E-state index is 11.2. The summed E-state index contributed by atoms with van der Waals surface area (Å²) in [6.45, 7) is 6.42. The molecule has 0 atom stereocenters. The number of nitrogens with zero attached hydrogens (tertiary/aromatic N) is 2. The molecule has 4 nitrogen and oxygen atoms in total. The Bertz CT molecular complexity index is 304. The Morgan fingerprint density at radius 1 is 1.53 bits per heavy atom. The molecule has 0 radical (unpaired) electrons. The lowest BCUT2D eigenvalue weighted by molar-refractivity contribution is -0.143. The van der Waals surface area contributed by atoms with Gasteiger partial charge in [0.05, 0.1) is 12.9 Å². The highest BCUT2D eigenvalue weighted by molar-refractivity contribution is 5.69. The van der Waals surface area contributed by atoms with Gasteiger partial charge in [0.15, 0.2) is 0 Å². The van der Waals surface area contributed by atoms with E-state index in [0.717, 1.165) is 6.42 Å². The smallest absolute Gasteiger partial charge is 0.305 e. The zero-order chi connectivity index (χ0) is 11.3. The van der Waals surface area contributed by atoms with Crippen LogP contribution in [-0.4, -0.2) is 22.1 Å². The van der Waals surface area contributed by atoms with E-state index in [9.17, 15) is 4.79 Å². The van der Waals surface area contributed by atoms with Crippen molar-refractivity contribution in [3.63, 3.8) is 0 Å². The van der Waals surface area contributed by atoms with Crippen LogP contribution in [0.5, 0.6) is 0 Å². The summed E-state index contributed by atoms with van der Waals surface area (Å²) in [5.74, 6) is -0.134. The van der Waals surface area contributed by atoms with Crippen molar-refractivity contribution in [2.24, 2.45) is 0 Å². The first-order valence-corrected chi connectivity index (χ1v) is 5.20. The average molecular weight is 210 g/mol. The zero-order valence-corrected chi connectivity index (χ0v) is 9.56. The normalized spacial score (nSPS) is 11.4. The van der Waals surface area contributed by atoms with Gasteiger partial charge in [-0.2, -0.15) is 0 Å². The number of carbonyl (C=O) groups is 1. The van der Waals surface area contributed by atoms with E-state index in [1.807, 2.05) is 17.7 Å². The third kappa shape index (κ3) is 3.38. The Balaban J connectivity index is 2.47. The second kappa shape index (κ2) is 4.96. The van der Waals surface area contributed by atoms with Gasteiger partial charge in [-0.1, -0.05) is 0 Å². The number of esters is 1. The summed E-state index contributed by atoms with van der Waals surface area (Å²) < 4.78 is 6.90. The topological polar surface area (TPSA) is 44.1 Å². The van der Waals surface area contributed by atoms with Crippen molar-refractivity contribution in [3.05, 3.63) is 18.7 Å². The fraction of sp³-hybridized carbons (Fsp3) is 0.636. The van der Waals surface area contributed by atoms with Crippen LogP contribution in [-0.2, 0) is 15.1 Å². The molecule has 15 heavy (non-hydrogen) atoms. The molecule has 0 bridgehead atoms. The van der Waals surface area contributed by atoms with Gasteiger partial charge >= 0.3 is 5.97 Å². The summed E-state index contributed by atoms with van der Waals surface area (Å²) in [4.78, 5) is 15.2. The van der Waals surface area contributed by atoms with Crippen molar-refractivity contribution in [2.75, 3.05) is 6.61 Å². The lowest BCUT2D eigenvalue weighted by Gasteiger charge is -2.25. The second-order valence-electron chi connectivity index (χ2n) is 4.09. The molecule has 1 heterocycles. The van der Waals surface area contributed by atoms with Gasteiger partial charge < -0.3 is 9.30 Å². The largest absolute Gasteiger partial charge is 0.466 e. The van der Waals surface area contributed by atoms with E-state index in [4.69, 9.17) is 4.74 Å². The van der Waals surface area contributed by atoms with Crippen LogP contribution in [0.4, 0.5) is 0 Å². The Morgan fingerprint density at radius 3 is 2.80 bits per heavy atom. The molecule has 0 saturated heterocycles. The summed E-state index contributed by atoms with van der Waals surface area (Å²) in [6, 6.07) is 0. The van der Waals surface area contributed by atoms with E-state index in [0.29, 0.717) is 13.0 Å². The van der Waals surface area contributed by atoms with Crippen molar-refractivity contribution >= 4 is 5.97 Å². The third-order valence-electron chi connectivity index (χ3n) is 2.45. The molecule has 0 fully saturated rings. The summed E-state index contributed by atoms with van der Waals surface area (Å²) in [7, 11) is 0. The zero-order valence-electron chi connectivity index (χ0n) is 9.56. The third-order valence-corrected chi connectivity index (χ3v) is 2.45. The molecule has 0 amide bonds. The molecule has 0 aliphatic carbocycles. The quantitative estimate of drug-likeness (QED) is 0.698. The lowest BCUT2D eigenvalue weighted by atomic mass is 9.98. The molecule has 0 spiro atoms. The number of aromatic nitrogens is 2. The van der Waals surface area contributed by atoms with Gasteiger partial charge in [0, 0.05) is 24.4 Å². The Kier molecular flexibility index (Phi) is 3.88. The first kappa shape index (κ1) is 11.8. The van der Waals surface area contributed by atoms with Crippen molar-refractivity contribution < 1.29 is 9.53 Å². The predicted molar refractivity (Wildman–Crippen MR) is 57.4 cm³/mol. The number of rotatable bonds is 5. The standard InChI is InChI=1S/C11H18N2O2/c1-4-15-10(14)5-6-11(2,3)13-8-7-12-9-13/h7-9H,4-6H2,1-3H3. The van der Waals surface area contributed by atoms with E-state index in [2.05, 4.69) is 18.8 Å². The van der Waals surface area contributed by atoms with Gasteiger partial charge in [0.1, 0.15) is 0 Å². The summed E-state index contributed by atoms with van der Waals surface area (Å²) in [6.07, 6.45) is 6.61. The molecular formula is C11H18N2O2. The number of hydrogen-bond donors (Lipinski definition) is 0. The first-order chi connectivity index (χ1) is 7.06. The molecule has 0 N–H and O–H groups in total. The van der Waals surface area contributed by atoms with Crippen LogP contribution >= 0.6 is 0 Å². The minimum atomic E-state index is -0.134. The number of imidazole rings is 1. The van der Waals surface area contributed by atoms with Crippen molar-refractivity contribution in [3.8, 4) is 0 Å². The van der Waals surface area contributed by atoms with Crippen LogP contribution in [0.1, 0.15) is 33.6 Å². The van der Waals surface area contributed by atoms with Gasteiger partial charge in [-0.3, -0.25) is 4.79 Å². The fourth-order valence-corrected chi connectivity index (χ4v) is 1.39. The Labute approximate surface area is 90.3 Å². The highest BCUT2D eigenvalue weighted by atomic mass is 16.5. The first-order valence-electron chi connectivity index (χ1n) is 5.20. The van der Waals surface area contributed by atoms with Crippen LogP contribution in [0.2, 0.25) is 0 Å². The number of ether oxygens (including phenoxy) is 1. The molecule has 84 valence electrons. The van der Waals surface area contributed by atoms with Gasteiger partial charge in [0.25, 0.3) is 0 Å². The monoisotopic (exact) mass is 210 g/mol. The molecule has 0 saturated carbocycles. The van der Waals surface area contributed by atoms with Crippen molar-refractivity contribution in [2.45, 2.75) is 39.2 Å². The minimum Gasteiger partial charge on any atom is -0.466 e. The van der Waals surface area contributed by atoms with Gasteiger partial charge in [-0.25, -0.2) is 4.98 Å². The molecule has 0 aliphatic rings. The maximum Gasteiger partial charge on any atom is 0.305 e. The van der Waals surface area contributed by atoms with Crippen LogP contribution in [0, 0.1) is 0 Å². The van der Waals surface area contributed by atoms with Gasteiger partial charge in [0.2, 0.25) is 0 Å². The van der Waals surface area contributed by atoms with Crippen LogP contribution < -0.4 is 0 Å². The van der Waals surface area contributed by atoms with E-state index in [1.165, 1.54) is 0 Å². The van der Waals surface area contributed by atoms with Crippen molar-refractivity contribution in [1.29, 1.82) is 0 Å². The lowest BCUT2D eigenvalue weighted by Crippen LogP contribution is -2.26. The summed E-state index contributed by atoms with van der Waals surface area (Å²) in [5.41, 5.74) is -0.0940.